The minimum Gasteiger partial charge on any atom is -0.493 e. The second kappa shape index (κ2) is 10.1. The van der Waals surface area contributed by atoms with Crippen molar-refractivity contribution in [2.24, 2.45) is 0 Å². The molecule has 1 aliphatic rings. The monoisotopic (exact) mass is 382 g/mol. The maximum Gasteiger partial charge on any atom is 0.254 e. The highest BCUT2D eigenvalue weighted by Gasteiger charge is 2.31. The molecule has 1 amide bonds. The Bertz CT molecular complexity index is 764. The predicted molar refractivity (Wildman–Crippen MR) is 110 cm³/mol. The van der Waals surface area contributed by atoms with Crippen molar-refractivity contribution < 1.29 is 14.3 Å². The molecule has 0 spiro atoms. The van der Waals surface area contributed by atoms with E-state index in [1.165, 1.54) is 19.3 Å². The van der Waals surface area contributed by atoms with E-state index in [4.69, 9.17) is 9.47 Å². The van der Waals surface area contributed by atoms with Gasteiger partial charge in [-0.2, -0.15) is 0 Å². The Hall–Kier alpha value is -2.56. The lowest BCUT2D eigenvalue weighted by Gasteiger charge is -2.24. The van der Waals surface area contributed by atoms with Crippen molar-refractivity contribution in [1.29, 1.82) is 0 Å². The summed E-state index contributed by atoms with van der Waals surface area (Å²) in [6.45, 7) is 3.61. The number of methoxy groups -OCH3 is 1. The molecular formula is C23H30N2O3. The molecule has 0 radical (unpaired) electrons. The zero-order valence-corrected chi connectivity index (χ0v) is 16.9. The van der Waals surface area contributed by atoms with E-state index in [0.717, 1.165) is 31.5 Å². The molecule has 0 bridgehead atoms. The molecule has 5 nitrogen and oxygen atoms in total. The first-order valence-corrected chi connectivity index (χ1v) is 10.3. The summed E-state index contributed by atoms with van der Waals surface area (Å²) in [7, 11) is 1.61. The first-order valence-electron chi connectivity index (χ1n) is 10.3. The summed E-state index contributed by atoms with van der Waals surface area (Å²) >= 11 is 0. The number of benzene rings is 1. The number of likely N-dealkylation sites (tertiary alicyclic amines) is 1. The Morgan fingerprint density at radius 1 is 1.18 bits per heavy atom. The molecule has 1 aromatic heterocycles. The Balaban J connectivity index is 1.69. The molecule has 0 saturated carbocycles. The fraction of sp³-hybridized carbons (Fsp3) is 0.478. The van der Waals surface area contributed by atoms with Gasteiger partial charge in [0.1, 0.15) is 0 Å². The van der Waals surface area contributed by atoms with Crippen LogP contribution in [0, 0.1) is 0 Å². The first kappa shape index (κ1) is 20.2. The van der Waals surface area contributed by atoms with E-state index in [2.05, 4.69) is 11.9 Å². The van der Waals surface area contributed by atoms with Crippen LogP contribution in [-0.4, -0.2) is 36.1 Å². The third kappa shape index (κ3) is 4.83. The number of amides is 1. The summed E-state index contributed by atoms with van der Waals surface area (Å²) in [5.41, 5.74) is 1.57. The number of aromatic nitrogens is 1. The number of hydrogen-bond donors (Lipinski definition) is 0. The van der Waals surface area contributed by atoms with Gasteiger partial charge in [0, 0.05) is 18.3 Å². The summed E-state index contributed by atoms with van der Waals surface area (Å²) in [4.78, 5) is 19.5. The maximum absolute atomic E-state index is 13.1. The molecule has 2 heterocycles. The van der Waals surface area contributed by atoms with E-state index in [1.807, 2.05) is 35.2 Å². The van der Waals surface area contributed by atoms with Crippen molar-refractivity contribution in [3.8, 4) is 11.5 Å². The van der Waals surface area contributed by atoms with Crippen LogP contribution < -0.4 is 9.47 Å². The van der Waals surface area contributed by atoms with Crippen molar-refractivity contribution in [1.82, 2.24) is 9.88 Å². The Morgan fingerprint density at radius 3 is 2.82 bits per heavy atom. The lowest BCUT2D eigenvalue weighted by molar-refractivity contribution is 0.0732. The molecular weight excluding hydrogens is 352 g/mol. The molecule has 1 atom stereocenters. The van der Waals surface area contributed by atoms with Crippen molar-refractivity contribution in [2.45, 2.75) is 51.5 Å². The van der Waals surface area contributed by atoms with Crippen LogP contribution in [0.2, 0.25) is 0 Å². The number of hydrogen-bond acceptors (Lipinski definition) is 4. The lowest BCUT2D eigenvalue weighted by Crippen LogP contribution is -2.31. The van der Waals surface area contributed by atoms with E-state index in [9.17, 15) is 4.79 Å². The zero-order chi connectivity index (χ0) is 19.8. The largest absolute Gasteiger partial charge is 0.493 e. The van der Waals surface area contributed by atoms with Gasteiger partial charge >= 0.3 is 0 Å². The maximum atomic E-state index is 13.1. The smallest absolute Gasteiger partial charge is 0.254 e. The highest BCUT2D eigenvalue weighted by Crippen LogP contribution is 2.34. The van der Waals surface area contributed by atoms with E-state index in [-0.39, 0.29) is 11.9 Å². The van der Waals surface area contributed by atoms with Gasteiger partial charge in [-0.1, -0.05) is 32.3 Å². The van der Waals surface area contributed by atoms with Gasteiger partial charge < -0.3 is 14.4 Å². The lowest BCUT2D eigenvalue weighted by atomic mass is 10.1. The number of carbonyl (C=O) groups is 1. The van der Waals surface area contributed by atoms with E-state index >= 15 is 0 Å². The molecule has 150 valence electrons. The van der Waals surface area contributed by atoms with Gasteiger partial charge in [0.15, 0.2) is 11.5 Å². The van der Waals surface area contributed by atoms with Crippen molar-refractivity contribution in [3.05, 3.63) is 53.9 Å². The molecule has 5 heteroatoms. The van der Waals surface area contributed by atoms with Crippen LogP contribution in [0.1, 0.15) is 67.5 Å². The number of rotatable bonds is 9. The topological polar surface area (TPSA) is 51.7 Å². The van der Waals surface area contributed by atoms with Gasteiger partial charge in [-0.25, -0.2) is 0 Å². The normalized spacial score (nSPS) is 16.2. The number of carbonyl (C=O) groups excluding carboxylic acids is 1. The second-order valence-electron chi connectivity index (χ2n) is 7.19. The molecule has 0 aliphatic carbocycles. The number of nitrogens with zero attached hydrogens (tertiary/aromatic N) is 2. The SMILES string of the molecule is CCCCCCOc1ccc(C(=O)N2CCCC2c2ccccn2)cc1OC. The van der Waals surface area contributed by atoms with Gasteiger partial charge in [0.2, 0.25) is 0 Å². The quantitative estimate of drug-likeness (QED) is 0.571. The second-order valence-corrected chi connectivity index (χ2v) is 7.19. The van der Waals surface area contributed by atoms with Crippen molar-refractivity contribution >= 4 is 5.91 Å². The summed E-state index contributed by atoms with van der Waals surface area (Å²) < 4.78 is 11.3. The Kier molecular flexibility index (Phi) is 7.29. The first-order chi connectivity index (χ1) is 13.7. The minimum absolute atomic E-state index is 0.0148. The van der Waals surface area contributed by atoms with Gasteiger partial charge in [0.25, 0.3) is 5.91 Å². The molecule has 1 aliphatic heterocycles. The van der Waals surface area contributed by atoms with Crippen LogP contribution in [0.15, 0.2) is 42.6 Å². The summed E-state index contributed by atoms with van der Waals surface area (Å²) in [5, 5.41) is 0. The molecule has 1 fully saturated rings. The summed E-state index contributed by atoms with van der Waals surface area (Å²) in [6, 6.07) is 11.4. The predicted octanol–water partition coefficient (Wildman–Crippen LogP) is 5.03. The molecule has 1 aromatic carbocycles. The number of unbranched alkanes of at least 4 members (excludes halogenated alkanes) is 3. The Labute approximate surface area is 167 Å². The third-order valence-corrected chi connectivity index (χ3v) is 5.21. The van der Waals surface area contributed by atoms with Crippen LogP contribution in [0.3, 0.4) is 0 Å². The Morgan fingerprint density at radius 2 is 2.07 bits per heavy atom. The number of ether oxygens (including phenoxy) is 2. The molecule has 1 saturated heterocycles. The highest BCUT2D eigenvalue weighted by atomic mass is 16.5. The van der Waals surface area contributed by atoms with Gasteiger partial charge in [-0.3, -0.25) is 9.78 Å². The molecule has 1 unspecified atom stereocenters. The zero-order valence-electron chi connectivity index (χ0n) is 16.9. The van der Waals surface area contributed by atoms with Crippen LogP contribution in [0.5, 0.6) is 11.5 Å². The summed E-state index contributed by atoms with van der Waals surface area (Å²) in [6.07, 6.45) is 8.34. The summed E-state index contributed by atoms with van der Waals surface area (Å²) in [5.74, 6) is 1.31. The fourth-order valence-corrected chi connectivity index (χ4v) is 3.69. The van der Waals surface area contributed by atoms with E-state index in [1.54, 1.807) is 19.4 Å². The molecule has 2 aromatic rings. The van der Waals surface area contributed by atoms with Gasteiger partial charge in [-0.05, 0) is 49.6 Å². The van der Waals surface area contributed by atoms with Crippen molar-refractivity contribution in [3.63, 3.8) is 0 Å². The average molecular weight is 383 g/mol. The average Bonchev–Trinajstić information content (AvgIpc) is 3.23. The van der Waals surface area contributed by atoms with Crippen LogP contribution in [0.25, 0.3) is 0 Å². The van der Waals surface area contributed by atoms with Crippen LogP contribution >= 0.6 is 0 Å². The van der Waals surface area contributed by atoms with Gasteiger partial charge in [-0.15, -0.1) is 0 Å². The fourth-order valence-electron chi connectivity index (χ4n) is 3.69. The van der Waals surface area contributed by atoms with Crippen LogP contribution in [0.4, 0.5) is 0 Å². The third-order valence-electron chi connectivity index (χ3n) is 5.21. The van der Waals surface area contributed by atoms with Crippen LogP contribution in [-0.2, 0) is 0 Å². The standard InChI is InChI=1S/C23H30N2O3/c1-3-4-5-8-16-28-21-13-12-18(17-22(21)27-2)23(26)25-15-9-11-20(25)19-10-6-7-14-24-19/h6-7,10,12-14,17,20H,3-5,8-9,11,15-16H2,1-2H3. The van der Waals surface area contributed by atoms with E-state index in [0.29, 0.717) is 23.7 Å². The highest BCUT2D eigenvalue weighted by molar-refractivity contribution is 5.95. The minimum atomic E-state index is 0.0148. The molecule has 3 rings (SSSR count). The van der Waals surface area contributed by atoms with Gasteiger partial charge in [0.05, 0.1) is 25.5 Å². The number of pyridine rings is 1. The molecule has 0 N–H and O–H groups in total. The molecule has 28 heavy (non-hydrogen) atoms. The van der Waals surface area contributed by atoms with Crippen molar-refractivity contribution in [2.75, 3.05) is 20.3 Å². The van der Waals surface area contributed by atoms with E-state index < -0.39 is 0 Å².